The second kappa shape index (κ2) is 12.3. The van der Waals surface area contributed by atoms with Crippen LogP contribution in [0.15, 0.2) is 66.7 Å². The summed E-state index contributed by atoms with van der Waals surface area (Å²) in [5.41, 5.74) is 0.782. The van der Waals surface area contributed by atoms with Gasteiger partial charge in [0, 0.05) is 12.1 Å². The number of non-ortho nitro benzene ring substituents is 1. The quantitative estimate of drug-likeness (QED) is 0.221. The zero-order valence-electron chi connectivity index (χ0n) is 21.1. The van der Waals surface area contributed by atoms with Gasteiger partial charge in [0.25, 0.3) is 11.6 Å². The number of carbonyl (C=O) groups excluding carboxylic acids is 3. The highest BCUT2D eigenvalue weighted by Crippen LogP contribution is 2.29. The van der Waals surface area contributed by atoms with Crippen molar-refractivity contribution in [2.75, 3.05) is 12.4 Å². The van der Waals surface area contributed by atoms with E-state index in [2.05, 4.69) is 5.32 Å². The number of carbonyl (C=O) groups is 4. The number of carboxylic acid groups (broad SMARTS) is 1. The Morgan fingerprint density at radius 2 is 1.38 bits per heavy atom. The first kappa shape index (κ1) is 28.3. The van der Waals surface area contributed by atoms with Crippen LogP contribution in [-0.2, 0) is 19.1 Å². The van der Waals surface area contributed by atoms with Gasteiger partial charge in [-0.1, -0.05) is 35.4 Å². The highest BCUT2D eigenvalue weighted by molar-refractivity contribution is 6.02. The van der Waals surface area contributed by atoms with E-state index in [1.807, 2.05) is 0 Å². The predicted octanol–water partition coefficient (Wildman–Crippen LogP) is 3.69. The monoisotopic (exact) mass is 536 g/mol. The molecule has 2 atom stereocenters. The van der Waals surface area contributed by atoms with Crippen LogP contribution in [0.5, 0.6) is 5.75 Å². The molecule has 3 aromatic rings. The molecule has 0 radical (unpaired) electrons. The normalized spacial score (nSPS) is 12.0. The van der Waals surface area contributed by atoms with Gasteiger partial charge in [0.2, 0.25) is 12.2 Å². The van der Waals surface area contributed by atoms with Crippen LogP contribution in [0.2, 0.25) is 0 Å². The second-order valence-corrected chi connectivity index (χ2v) is 8.36. The molecule has 0 fully saturated rings. The summed E-state index contributed by atoms with van der Waals surface area (Å²) < 4.78 is 15.5. The minimum Gasteiger partial charge on any atom is -0.495 e. The number of hydrogen-bond acceptors (Lipinski definition) is 9. The molecule has 2 N–H and O–H groups in total. The first-order chi connectivity index (χ1) is 18.5. The van der Waals surface area contributed by atoms with E-state index in [1.54, 1.807) is 38.1 Å². The molecule has 0 heterocycles. The van der Waals surface area contributed by atoms with Crippen molar-refractivity contribution < 1.29 is 43.4 Å². The summed E-state index contributed by atoms with van der Waals surface area (Å²) in [5, 5.41) is 23.4. The van der Waals surface area contributed by atoms with Crippen molar-refractivity contribution in [2.24, 2.45) is 0 Å². The minimum atomic E-state index is -2.28. The maximum absolute atomic E-state index is 13.3. The molecule has 39 heavy (non-hydrogen) atoms. The van der Waals surface area contributed by atoms with E-state index in [0.717, 1.165) is 12.1 Å². The van der Waals surface area contributed by atoms with Gasteiger partial charge in [-0.3, -0.25) is 14.9 Å². The van der Waals surface area contributed by atoms with Crippen molar-refractivity contribution in [3.05, 3.63) is 99.1 Å². The third-order valence-corrected chi connectivity index (χ3v) is 5.40. The van der Waals surface area contributed by atoms with Gasteiger partial charge in [-0.2, -0.15) is 0 Å². The number of ether oxygens (including phenoxy) is 3. The average Bonchev–Trinajstić information content (AvgIpc) is 2.90. The van der Waals surface area contributed by atoms with E-state index in [0.29, 0.717) is 11.1 Å². The van der Waals surface area contributed by atoms with Crippen molar-refractivity contribution in [3.63, 3.8) is 0 Å². The number of carboxylic acids is 1. The molecule has 1 amide bonds. The number of nitrogens with zero attached hydrogens (tertiary/aromatic N) is 1. The summed E-state index contributed by atoms with van der Waals surface area (Å²) in [4.78, 5) is 61.7. The number of methoxy groups -OCH3 is 1. The Balaban J connectivity index is 2.00. The van der Waals surface area contributed by atoms with Crippen LogP contribution in [0.3, 0.4) is 0 Å². The second-order valence-electron chi connectivity index (χ2n) is 8.36. The maximum Gasteiger partial charge on any atom is 0.349 e. The molecule has 3 rings (SSSR count). The number of aryl methyl sites for hydroxylation is 2. The number of anilines is 1. The van der Waals surface area contributed by atoms with Crippen LogP contribution >= 0.6 is 0 Å². The summed E-state index contributed by atoms with van der Waals surface area (Å²) in [6, 6.07) is 15.5. The van der Waals surface area contributed by atoms with Gasteiger partial charge in [0.15, 0.2) is 0 Å². The molecule has 12 heteroatoms. The number of nitro benzene ring substituents is 1. The molecule has 0 saturated heterocycles. The molecule has 0 aliphatic carbocycles. The largest absolute Gasteiger partial charge is 0.495 e. The number of amides is 1. The summed E-state index contributed by atoms with van der Waals surface area (Å²) in [5.74, 6) is -5.16. The third-order valence-electron chi connectivity index (χ3n) is 5.40. The molecule has 3 aromatic carbocycles. The fourth-order valence-corrected chi connectivity index (χ4v) is 3.52. The number of hydrogen-bond donors (Lipinski definition) is 2. The Morgan fingerprint density at radius 3 is 1.85 bits per heavy atom. The van der Waals surface area contributed by atoms with E-state index in [9.17, 15) is 34.4 Å². The van der Waals surface area contributed by atoms with E-state index >= 15 is 0 Å². The molecule has 0 bridgehead atoms. The van der Waals surface area contributed by atoms with Gasteiger partial charge >= 0.3 is 17.9 Å². The summed E-state index contributed by atoms with van der Waals surface area (Å²) in [6.45, 7) is 3.41. The van der Waals surface area contributed by atoms with Gasteiger partial charge in [-0.05, 0) is 44.2 Å². The molecular formula is C27H24N2O10. The summed E-state index contributed by atoms with van der Waals surface area (Å²) >= 11 is 0. The van der Waals surface area contributed by atoms with E-state index in [-0.39, 0.29) is 22.6 Å². The minimum absolute atomic E-state index is 0.00124. The van der Waals surface area contributed by atoms with Crippen molar-refractivity contribution in [2.45, 2.75) is 26.1 Å². The number of nitro groups is 1. The first-order valence-corrected chi connectivity index (χ1v) is 11.4. The molecule has 0 unspecified atom stereocenters. The van der Waals surface area contributed by atoms with Crippen molar-refractivity contribution in [1.82, 2.24) is 0 Å². The lowest BCUT2D eigenvalue weighted by Crippen LogP contribution is -2.48. The Morgan fingerprint density at radius 1 is 0.846 bits per heavy atom. The van der Waals surface area contributed by atoms with Gasteiger partial charge < -0.3 is 24.6 Å². The maximum atomic E-state index is 13.3. The van der Waals surface area contributed by atoms with Crippen molar-refractivity contribution >= 4 is 35.2 Å². The van der Waals surface area contributed by atoms with Crippen LogP contribution in [-0.4, -0.2) is 53.2 Å². The molecule has 0 spiro atoms. The molecule has 0 saturated carbocycles. The van der Waals surface area contributed by atoms with Gasteiger partial charge in [-0.15, -0.1) is 0 Å². The van der Waals surface area contributed by atoms with E-state index < -0.39 is 46.6 Å². The van der Waals surface area contributed by atoms with E-state index in [4.69, 9.17) is 14.2 Å². The number of benzene rings is 3. The standard InChI is InChI=1S/C27H24N2O10/c1-15-6-4-8-17(12-15)26(33)38-22(23(25(31)32)39-27(34)18-9-5-7-16(2)13-18)24(30)28-20-14-19(29(35)36)10-11-21(20)37-3/h4-14,22-23H,1-3H3,(H,28,30)(H,31,32)/t22-,23-/m1/s1. The van der Waals surface area contributed by atoms with Crippen LogP contribution in [0.25, 0.3) is 0 Å². The molecule has 0 aliphatic rings. The van der Waals surface area contributed by atoms with Crippen molar-refractivity contribution in [1.29, 1.82) is 0 Å². The number of nitrogens with one attached hydrogen (secondary N) is 1. The van der Waals surface area contributed by atoms with Gasteiger partial charge in [0.1, 0.15) is 5.75 Å². The van der Waals surface area contributed by atoms with E-state index in [1.165, 1.54) is 37.4 Å². The highest BCUT2D eigenvalue weighted by Gasteiger charge is 2.41. The van der Waals surface area contributed by atoms with Crippen molar-refractivity contribution in [3.8, 4) is 5.75 Å². The first-order valence-electron chi connectivity index (χ1n) is 11.4. The lowest BCUT2D eigenvalue weighted by atomic mass is 10.1. The molecule has 0 aliphatic heterocycles. The Labute approximate surface area is 222 Å². The van der Waals surface area contributed by atoms with Crippen LogP contribution in [0.1, 0.15) is 31.8 Å². The summed E-state index contributed by atoms with van der Waals surface area (Å²) in [7, 11) is 1.25. The Bertz CT molecular complexity index is 1440. The third kappa shape index (κ3) is 7.16. The van der Waals surface area contributed by atoms with Gasteiger partial charge in [0.05, 0.1) is 28.8 Å². The molecule has 0 aromatic heterocycles. The van der Waals surface area contributed by atoms with Crippen LogP contribution in [0.4, 0.5) is 11.4 Å². The van der Waals surface area contributed by atoms with Crippen LogP contribution < -0.4 is 10.1 Å². The van der Waals surface area contributed by atoms with Gasteiger partial charge in [-0.25, -0.2) is 14.4 Å². The predicted molar refractivity (Wildman–Crippen MR) is 137 cm³/mol. The lowest BCUT2D eigenvalue weighted by Gasteiger charge is -2.24. The molecule has 12 nitrogen and oxygen atoms in total. The average molecular weight is 536 g/mol. The molecular weight excluding hydrogens is 512 g/mol. The topological polar surface area (TPSA) is 171 Å². The SMILES string of the molecule is COc1ccc([N+](=O)[O-])cc1NC(=O)[C@H](OC(=O)c1cccc(C)c1)[C@@H](OC(=O)c1cccc(C)c1)C(=O)O. The zero-order valence-corrected chi connectivity index (χ0v) is 21.1. The zero-order chi connectivity index (χ0) is 28.7. The lowest BCUT2D eigenvalue weighted by molar-refractivity contribution is -0.384. The number of aliphatic carboxylic acids is 1. The molecule has 202 valence electrons. The fraction of sp³-hybridized carbons (Fsp3) is 0.185. The summed E-state index contributed by atoms with van der Waals surface area (Å²) in [6.07, 6.45) is -4.48. The fourth-order valence-electron chi connectivity index (χ4n) is 3.52. The number of esters is 2. The Kier molecular flexibility index (Phi) is 8.94. The van der Waals surface area contributed by atoms with Crippen LogP contribution in [0, 0.1) is 24.0 Å². The highest BCUT2D eigenvalue weighted by atomic mass is 16.6. The number of rotatable bonds is 10. The Hall–Kier alpha value is -5.26. The smallest absolute Gasteiger partial charge is 0.349 e.